The lowest BCUT2D eigenvalue weighted by molar-refractivity contribution is -0.385. The summed E-state index contributed by atoms with van der Waals surface area (Å²) in [6, 6.07) is 11.3. The van der Waals surface area contributed by atoms with Crippen molar-refractivity contribution in [3.63, 3.8) is 0 Å². The molecule has 0 aromatic heterocycles. The number of hydrogen-bond donors (Lipinski definition) is 3. The van der Waals surface area contributed by atoms with E-state index in [0.29, 0.717) is 5.69 Å². The van der Waals surface area contributed by atoms with E-state index < -0.39 is 40.8 Å². The van der Waals surface area contributed by atoms with Gasteiger partial charge in [-0.1, -0.05) is 24.3 Å². The van der Waals surface area contributed by atoms with Gasteiger partial charge >= 0.3 is 11.7 Å². The third-order valence-corrected chi connectivity index (χ3v) is 3.83. The molecule has 0 bridgehead atoms. The molecule has 3 rings (SSSR count). The third-order valence-electron chi connectivity index (χ3n) is 3.83. The van der Waals surface area contributed by atoms with Crippen molar-refractivity contribution < 1.29 is 24.4 Å². The fourth-order valence-corrected chi connectivity index (χ4v) is 2.52. The Morgan fingerprint density at radius 1 is 1.21 bits per heavy atom. The van der Waals surface area contributed by atoms with Crippen LogP contribution < -0.4 is 10.6 Å². The Bertz CT molecular complexity index is 1000. The van der Waals surface area contributed by atoms with Crippen LogP contribution in [0.2, 0.25) is 0 Å². The van der Waals surface area contributed by atoms with Gasteiger partial charge < -0.3 is 15.7 Å². The summed E-state index contributed by atoms with van der Waals surface area (Å²) in [6.45, 7) is -0.493. The molecule has 0 atom stereocenters. The van der Waals surface area contributed by atoms with Crippen molar-refractivity contribution in [3.05, 3.63) is 69.9 Å². The Morgan fingerprint density at radius 3 is 2.61 bits per heavy atom. The Balaban J connectivity index is 1.74. The maximum atomic E-state index is 12.4. The van der Waals surface area contributed by atoms with Crippen LogP contribution in [0.3, 0.4) is 0 Å². The number of rotatable bonds is 5. The van der Waals surface area contributed by atoms with E-state index >= 15 is 0 Å². The number of carbonyl (C=O) groups excluding carboxylic acids is 3. The van der Waals surface area contributed by atoms with Crippen LogP contribution in [-0.2, 0) is 9.59 Å². The Hall–Kier alpha value is -4.21. The molecule has 1 aliphatic heterocycles. The summed E-state index contributed by atoms with van der Waals surface area (Å²) < 4.78 is 0. The van der Waals surface area contributed by atoms with Crippen LogP contribution in [0.25, 0.3) is 6.08 Å². The molecule has 1 saturated heterocycles. The number of hydrogen-bond acceptors (Lipinski definition) is 6. The smallest absolute Gasteiger partial charge is 0.329 e. The number of carbonyl (C=O) groups is 3. The fourth-order valence-electron chi connectivity index (χ4n) is 2.52. The number of phenols is 1. The summed E-state index contributed by atoms with van der Waals surface area (Å²) in [7, 11) is 0. The maximum absolute atomic E-state index is 12.4. The van der Waals surface area contributed by atoms with Crippen LogP contribution >= 0.6 is 0 Å². The van der Waals surface area contributed by atoms with Gasteiger partial charge in [0, 0.05) is 11.8 Å². The molecule has 2 aromatic rings. The number of urea groups is 1. The Labute approximate surface area is 158 Å². The van der Waals surface area contributed by atoms with E-state index in [1.165, 1.54) is 12.1 Å². The average molecular weight is 382 g/mol. The van der Waals surface area contributed by atoms with E-state index in [1.807, 2.05) is 0 Å². The Kier molecular flexibility index (Phi) is 5.03. The Morgan fingerprint density at radius 2 is 1.93 bits per heavy atom. The monoisotopic (exact) mass is 382 g/mol. The zero-order valence-corrected chi connectivity index (χ0v) is 14.3. The lowest BCUT2D eigenvalue weighted by atomic mass is 10.1. The number of nitro benzene ring substituents is 1. The second kappa shape index (κ2) is 7.58. The largest absolute Gasteiger partial charge is 0.502 e. The highest BCUT2D eigenvalue weighted by Crippen LogP contribution is 2.27. The van der Waals surface area contributed by atoms with Crippen LogP contribution in [0, 0.1) is 10.1 Å². The second-order valence-electron chi connectivity index (χ2n) is 5.80. The number of amides is 4. The van der Waals surface area contributed by atoms with E-state index in [9.17, 15) is 29.6 Å². The highest BCUT2D eigenvalue weighted by Gasteiger charge is 2.35. The molecule has 10 heteroatoms. The van der Waals surface area contributed by atoms with E-state index in [0.717, 1.165) is 17.0 Å². The van der Waals surface area contributed by atoms with E-state index in [1.54, 1.807) is 30.3 Å². The summed E-state index contributed by atoms with van der Waals surface area (Å²) in [4.78, 5) is 47.3. The minimum atomic E-state index is -0.785. The molecule has 1 fully saturated rings. The van der Waals surface area contributed by atoms with Crippen molar-refractivity contribution >= 4 is 35.3 Å². The fraction of sp³-hybridized carbons (Fsp3) is 0.0556. The first-order chi connectivity index (χ1) is 13.3. The number of nitrogens with zero attached hydrogens (tertiary/aromatic N) is 2. The standard InChI is InChI=1S/C18H14N4O6/c23-15-7-6-11(9-14(15)22(27)28)8-13-17(25)21(18(26)20-13)10-16(24)19-12-4-2-1-3-5-12/h1-9,23H,10H2,(H,19,24)(H,20,26)/b13-8-. The summed E-state index contributed by atoms with van der Waals surface area (Å²) >= 11 is 0. The van der Waals surface area contributed by atoms with Crippen molar-refractivity contribution in [2.45, 2.75) is 0 Å². The molecule has 10 nitrogen and oxygen atoms in total. The molecular weight excluding hydrogens is 368 g/mol. The van der Waals surface area contributed by atoms with E-state index in [4.69, 9.17) is 0 Å². The van der Waals surface area contributed by atoms with Gasteiger partial charge in [-0.15, -0.1) is 0 Å². The molecule has 0 spiro atoms. The molecular formula is C18H14N4O6. The van der Waals surface area contributed by atoms with Crippen LogP contribution in [0.4, 0.5) is 16.2 Å². The van der Waals surface area contributed by atoms with E-state index in [-0.39, 0.29) is 11.3 Å². The lowest BCUT2D eigenvalue weighted by Gasteiger charge is -2.11. The zero-order chi connectivity index (χ0) is 20.3. The quantitative estimate of drug-likeness (QED) is 0.312. The number of imide groups is 1. The van der Waals surface area contributed by atoms with Gasteiger partial charge in [-0.3, -0.25) is 19.7 Å². The average Bonchev–Trinajstić information content (AvgIpc) is 2.91. The van der Waals surface area contributed by atoms with Gasteiger partial charge in [0.05, 0.1) is 4.92 Å². The maximum Gasteiger partial charge on any atom is 0.329 e. The number of nitro groups is 1. The minimum Gasteiger partial charge on any atom is -0.502 e. The normalized spacial score (nSPS) is 14.9. The number of phenolic OH excluding ortho intramolecular Hbond substituents is 1. The molecule has 0 aliphatic carbocycles. The zero-order valence-electron chi connectivity index (χ0n) is 14.3. The molecule has 2 aromatic carbocycles. The molecule has 0 saturated carbocycles. The van der Waals surface area contributed by atoms with E-state index in [2.05, 4.69) is 10.6 Å². The lowest BCUT2D eigenvalue weighted by Crippen LogP contribution is -2.38. The first kappa shape index (κ1) is 18.6. The van der Waals surface area contributed by atoms with Crippen LogP contribution in [0.5, 0.6) is 5.75 Å². The minimum absolute atomic E-state index is 0.141. The van der Waals surface area contributed by atoms with Gasteiger partial charge in [0.25, 0.3) is 5.91 Å². The number of benzene rings is 2. The number of anilines is 1. The summed E-state index contributed by atoms with van der Waals surface area (Å²) in [5.74, 6) is -1.83. The molecule has 142 valence electrons. The molecule has 28 heavy (non-hydrogen) atoms. The topological polar surface area (TPSA) is 142 Å². The first-order valence-corrected chi connectivity index (χ1v) is 8.02. The molecule has 4 amide bonds. The summed E-state index contributed by atoms with van der Waals surface area (Å²) in [5.41, 5.74) is 0.0678. The number of para-hydroxylation sites is 1. The number of nitrogens with one attached hydrogen (secondary N) is 2. The molecule has 1 aliphatic rings. The van der Waals surface area contributed by atoms with Gasteiger partial charge in [0.1, 0.15) is 12.2 Å². The van der Waals surface area contributed by atoms with Crippen molar-refractivity contribution in [1.82, 2.24) is 10.2 Å². The second-order valence-corrected chi connectivity index (χ2v) is 5.80. The third kappa shape index (κ3) is 3.96. The van der Waals surface area contributed by atoms with Crippen molar-refractivity contribution in [2.24, 2.45) is 0 Å². The SMILES string of the molecule is O=C(CN1C(=O)N/C(=C\c2ccc(O)c([N+](=O)[O-])c2)C1=O)Nc1ccccc1. The van der Waals surface area contributed by atoms with Crippen molar-refractivity contribution in [3.8, 4) is 5.75 Å². The van der Waals surface area contributed by atoms with Crippen LogP contribution in [0.15, 0.2) is 54.2 Å². The van der Waals surface area contributed by atoms with Gasteiger partial charge in [-0.05, 0) is 29.8 Å². The summed E-state index contributed by atoms with van der Waals surface area (Å²) in [5, 5.41) is 25.2. The first-order valence-electron chi connectivity index (χ1n) is 8.02. The van der Waals surface area contributed by atoms with Gasteiger partial charge in [0.15, 0.2) is 5.75 Å². The highest BCUT2D eigenvalue weighted by atomic mass is 16.6. The van der Waals surface area contributed by atoms with Gasteiger partial charge in [-0.2, -0.15) is 0 Å². The summed E-state index contributed by atoms with van der Waals surface area (Å²) in [6.07, 6.45) is 1.22. The predicted octanol–water partition coefficient (Wildman–Crippen LogP) is 1.83. The van der Waals surface area contributed by atoms with Gasteiger partial charge in [0.2, 0.25) is 5.91 Å². The predicted molar refractivity (Wildman–Crippen MR) is 98.1 cm³/mol. The molecule has 0 radical (unpaired) electrons. The van der Waals surface area contributed by atoms with Crippen LogP contribution in [-0.4, -0.2) is 39.3 Å². The van der Waals surface area contributed by atoms with Crippen molar-refractivity contribution in [1.29, 1.82) is 0 Å². The van der Waals surface area contributed by atoms with Gasteiger partial charge in [-0.25, -0.2) is 9.69 Å². The molecule has 0 unspecified atom stereocenters. The molecule has 3 N–H and O–H groups in total. The van der Waals surface area contributed by atoms with Crippen molar-refractivity contribution in [2.75, 3.05) is 11.9 Å². The number of aromatic hydroxyl groups is 1. The van der Waals surface area contributed by atoms with Crippen LogP contribution in [0.1, 0.15) is 5.56 Å². The molecule has 1 heterocycles. The highest BCUT2D eigenvalue weighted by molar-refractivity contribution is 6.15.